The Morgan fingerprint density at radius 1 is 1.23 bits per heavy atom. The summed E-state index contributed by atoms with van der Waals surface area (Å²) in [6.45, 7) is 7.12. The van der Waals surface area contributed by atoms with Crippen molar-refractivity contribution in [1.29, 1.82) is 0 Å². The van der Waals surface area contributed by atoms with Gasteiger partial charge in [-0.2, -0.15) is 0 Å². The van der Waals surface area contributed by atoms with Crippen LogP contribution in [-0.4, -0.2) is 72.8 Å². The van der Waals surface area contributed by atoms with Gasteiger partial charge in [-0.15, -0.1) is 11.3 Å². The summed E-state index contributed by atoms with van der Waals surface area (Å²) in [5, 5.41) is 2.97. The SMILES string of the molecule is CCN(C)CC1CCCCN1C(=O)c1ccc(N2CC(NC(=O)c3ccc(Br)s3)CC2=O)cc1C. The third-order valence-corrected chi connectivity index (χ3v) is 8.58. The minimum Gasteiger partial charge on any atom is -0.346 e. The summed E-state index contributed by atoms with van der Waals surface area (Å²) in [5.74, 6) is -0.120. The van der Waals surface area contributed by atoms with E-state index in [0.29, 0.717) is 17.0 Å². The molecule has 9 heteroatoms. The first-order chi connectivity index (χ1) is 16.8. The molecule has 0 aliphatic carbocycles. The number of thiophene rings is 1. The molecular weight excluding hydrogens is 528 g/mol. The number of hydrogen-bond donors (Lipinski definition) is 1. The normalized spacial score (nSPS) is 20.5. The fraction of sp³-hybridized carbons (Fsp3) is 0.500. The van der Waals surface area contributed by atoms with Crippen molar-refractivity contribution < 1.29 is 14.4 Å². The lowest BCUT2D eigenvalue weighted by Crippen LogP contribution is -2.49. The average Bonchev–Trinajstić information content (AvgIpc) is 3.44. The predicted octanol–water partition coefficient (Wildman–Crippen LogP) is 4.30. The molecule has 2 saturated heterocycles. The number of nitrogens with zero attached hydrogens (tertiary/aromatic N) is 3. The zero-order valence-electron chi connectivity index (χ0n) is 20.6. The van der Waals surface area contributed by atoms with E-state index in [0.717, 1.165) is 53.9 Å². The summed E-state index contributed by atoms with van der Waals surface area (Å²) < 4.78 is 0.894. The molecule has 0 saturated carbocycles. The van der Waals surface area contributed by atoms with Gasteiger partial charge in [-0.25, -0.2) is 0 Å². The van der Waals surface area contributed by atoms with Gasteiger partial charge >= 0.3 is 0 Å². The number of carbonyl (C=O) groups excluding carboxylic acids is 3. The molecule has 2 fully saturated rings. The third-order valence-electron chi connectivity index (χ3n) is 6.96. The number of anilines is 1. The highest BCUT2D eigenvalue weighted by Crippen LogP contribution is 2.28. The third kappa shape index (κ3) is 5.95. The van der Waals surface area contributed by atoms with Crippen LogP contribution >= 0.6 is 27.3 Å². The van der Waals surface area contributed by atoms with Crippen molar-refractivity contribution in [2.75, 3.05) is 38.1 Å². The van der Waals surface area contributed by atoms with Crippen LogP contribution in [0.4, 0.5) is 5.69 Å². The molecule has 0 bridgehead atoms. The lowest BCUT2D eigenvalue weighted by Gasteiger charge is -2.38. The second-order valence-corrected chi connectivity index (χ2v) is 11.9. The summed E-state index contributed by atoms with van der Waals surface area (Å²) in [6, 6.07) is 9.22. The molecule has 0 radical (unpaired) electrons. The quantitative estimate of drug-likeness (QED) is 0.548. The van der Waals surface area contributed by atoms with Gasteiger partial charge in [0.05, 0.1) is 14.7 Å². The van der Waals surface area contributed by atoms with Crippen LogP contribution in [0.5, 0.6) is 0 Å². The van der Waals surface area contributed by atoms with Crippen LogP contribution in [0.15, 0.2) is 34.1 Å². The van der Waals surface area contributed by atoms with Crippen LogP contribution in [0.1, 0.15) is 58.2 Å². The Morgan fingerprint density at radius 2 is 2.03 bits per heavy atom. The highest BCUT2D eigenvalue weighted by atomic mass is 79.9. The molecule has 2 unspecified atom stereocenters. The standard InChI is InChI=1S/C26H33BrN4O3S/c1-4-29(3)16-20-7-5-6-12-30(20)26(34)21-9-8-19(13-17(21)2)31-15-18(14-24(31)32)28-25(33)22-10-11-23(27)35-22/h8-11,13,18,20H,4-7,12,14-16H2,1-3H3,(H,28,33). The number of aryl methyl sites for hydroxylation is 1. The lowest BCUT2D eigenvalue weighted by molar-refractivity contribution is -0.117. The van der Waals surface area contributed by atoms with E-state index in [1.807, 2.05) is 36.1 Å². The fourth-order valence-corrected chi connectivity index (χ4v) is 6.19. The largest absolute Gasteiger partial charge is 0.346 e. The van der Waals surface area contributed by atoms with Crippen LogP contribution < -0.4 is 10.2 Å². The van der Waals surface area contributed by atoms with Gasteiger partial charge in [0.1, 0.15) is 0 Å². The van der Waals surface area contributed by atoms with Crippen LogP contribution in [0.25, 0.3) is 0 Å². The van der Waals surface area contributed by atoms with E-state index in [2.05, 4.69) is 40.1 Å². The Bertz CT molecular complexity index is 1100. The smallest absolute Gasteiger partial charge is 0.261 e. The molecule has 3 amide bonds. The molecule has 2 aliphatic rings. The molecule has 2 aliphatic heterocycles. The first-order valence-electron chi connectivity index (χ1n) is 12.2. The van der Waals surface area contributed by atoms with Crippen molar-refractivity contribution in [3.8, 4) is 0 Å². The molecule has 7 nitrogen and oxygen atoms in total. The van der Waals surface area contributed by atoms with E-state index in [4.69, 9.17) is 0 Å². The van der Waals surface area contributed by atoms with E-state index >= 15 is 0 Å². The minimum atomic E-state index is -0.248. The second-order valence-electron chi connectivity index (χ2n) is 9.48. The molecule has 0 spiro atoms. The molecular formula is C26H33BrN4O3S. The number of likely N-dealkylation sites (N-methyl/N-ethyl adjacent to an activating group) is 1. The maximum absolute atomic E-state index is 13.5. The van der Waals surface area contributed by atoms with E-state index in [9.17, 15) is 14.4 Å². The fourth-order valence-electron chi connectivity index (χ4n) is 4.90. The molecule has 2 aromatic rings. The van der Waals surface area contributed by atoms with Crippen molar-refractivity contribution >= 4 is 50.7 Å². The van der Waals surface area contributed by atoms with E-state index in [1.165, 1.54) is 11.3 Å². The molecule has 188 valence electrons. The summed E-state index contributed by atoms with van der Waals surface area (Å²) in [6.07, 6.45) is 3.49. The number of nitrogens with one attached hydrogen (secondary N) is 1. The summed E-state index contributed by atoms with van der Waals surface area (Å²) >= 11 is 4.74. The summed E-state index contributed by atoms with van der Waals surface area (Å²) in [4.78, 5) is 45.4. The minimum absolute atomic E-state index is 0.0279. The van der Waals surface area contributed by atoms with Crippen LogP contribution in [0.2, 0.25) is 0 Å². The van der Waals surface area contributed by atoms with Gasteiger partial charge in [0.2, 0.25) is 5.91 Å². The highest BCUT2D eigenvalue weighted by molar-refractivity contribution is 9.11. The van der Waals surface area contributed by atoms with Crippen LogP contribution in [0.3, 0.4) is 0 Å². The molecule has 1 N–H and O–H groups in total. The van der Waals surface area contributed by atoms with Crippen molar-refractivity contribution in [2.24, 2.45) is 0 Å². The number of likely N-dealkylation sites (tertiary alicyclic amines) is 1. The van der Waals surface area contributed by atoms with Gasteiger partial charge in [-0.3, -0.25) is 14.4 Å². The molecule has 35 heavy (non-hydrogen) atoms. The highest BCUT2D eigenvalue weighted by Gasteiger charge is 2.33. The van der Waals surface area contributed by atoms with Crippen molar-refractivity contribution in [3.05, 3.63) is 50.1 Å². The van der Waals surface area contributed by atoms with Gasteiger partial charge in [-0.1, -0.05) is 6.92 Å². The number of piperidine rings is 1. The van der Waals surface area contributed by atoms with Crippen molar-refractivity contribution in [2.45, 2.75) is 51.6 Å². The van der Waals surface area contributed by atoms with Crippen molar-refractivity contribution in [1.82, 2.24) is 15.1 Å². The van der Waals surface area contributed by atoms with Gasteiger partial charge in [-0.05, 0) is 91.6 Å². The lowest BCUT2D eigenvalue weighted by atomic mass is 9.98. The number of amides is 3. The van der Waals surface area contributed by atoms with Gasteiger partial charge in [0.25, 0.3) is 11.8 Å². The predicted molar refractivity (Wildman–Crippen MR) is 143 cm³/mol. The molecule has 3 heterocycles. The van der Waals surface area contributed by atoms with Gasteiger partial charge in [0.15, 0.2) is 0 Å². The summed E-state index contributed by atoms with van der Waals surface area (Å²) in [5.41, 5.74) is 2.32. The Balaban J connectivity index is 1.44. The number of rotatable bonds is 7. The Hall–Kier alpha value is -2.23. The summed E-state index contributed by atoms with van der Waals surface area (Å²) in [7, 11) is 2.10. The molecule has 1 aromatic heterocycles. The Kier molecular flexibility index (Phi) is 8.29. The zero-order chi connectivity index (χ0) is 25.1. The van der Waals surface area contributed by atoms with E-state index in [-0.39, 0.29) is 36.2 Å². The molecule has 2 atom stereocenters. The average molecular weight is 562 g/mol. The first kappa shape index (κ1) is 25.9. The topological polar surface area (TPSA) is 73.0 Å². The molecule has 1 aromatic carbocycles. The van der Waals surface area contributed by atoms with E-state index in [1.54, 1.807) is 11.0 Å². The van der Waals surface area contributed by atoms with Crippen molar-refractivity contribution in [3.63, 3.8) is 0 Å². The van der Waals surface area contributed by atoms with Crippen LogP contribution in [-0.2, 0) is 4.79 Å². The Morgan fingerprint density at radius 3 is 2.71 bits per heavy atom. The molecule has 4 rings (SSSR count). The maximum Gasteiger partial charge on any atom is 0.261 e. The number of hydrogen-bond acceptors (Lipinski definition) is 5. The van der Waals surface area contributed by atoms with Crippen LogP contribution in [0, 0.1) is 6.92 Å². The zero-order valence-corrected chi connectivity index (χ0v) is 23.0. The number of carbonyl (C=O) groups is 3. The Labute approximate surface area is 219 Å². The number of halogens is 1. The van der Waals surface area contributed by atoms with E-state index < -0.39 is 0 Å². The monoisotopic (exact) mass is 560 g/mol. The first-order valence-corrected chi connectivity index (χ1v) is 13.8. The van der Waals surface area contributed by atoms with Gasteiger partial charge < -0.3 is 20.0 Å². The number of benzene rings is 1. The van der Waals surface area contributed by atoms with Gasteiger partial charge in [0, 0.05) is 43.3 Å². The second kappa shape index (κ2) is 11.2. The maximum atomic E-state index is 13.5.